The highest BCUT2D eigenvalue weighted by Crippen LogP contribution is 1.82. The molecule has 0 saturated heterocycles. The van der Waals surface area contributed by atoms with E-state index in [0.717, 1.165) is 0 Å². The molecule has 5 nitrogen and oxygen atoms in total. The molecule has 0 heterocycles. The summed E-state index contributed by atoms with van der Waals surface area (Å²) in [5.41, 5.74) is 0. The highest BCUT2D eigenvalue weighted by Gasteiger charge is 2.04. The van der Waals surface area contributed by atoms with E-state index in [-0.39, 0.29) is 24.4 Å². The lowest BCUT2D eigenvalue weighted by Crippen LogP contribution is -2.37. The summed E-state index contributed by atoms with van der Waals surface area (Å²) in [7, 11) is 0. The molecule has 3 N–H and O–H groups in total. The second-order valence-corrected chi connectivity index (χ2v) is 3.63. The number of hydrogen-bond acceptors (Lipinski definition) is 3. The lowest BCUT2D eigenvalue weighted by Gasteiger charge is -2.08. The molecule has 2 amide bonds. The normalized spacial score (nSPS) is 9.62. The number of rotatable bonds is 7. The third-order valence-corrected chi connectivity index (χ3v) is 1.64. The molecule has 0 atom stereocenters. The number of carbonyl (C=O) groups is 2. The van der Waals surface area contributed by atoms with Gasteiger partial charge in [0.25, 0.3) is 0 Å². The van der Waals surface area contributed by atoms with Gasteiger partial charge in [0.15, 0.2) is 0 Å². The van der Waals surface area contributed by atoms with Gasteiger partial charge in [0.2, 0.25) is 11.8 Å². The first-order valence-electron chi connectivity index (χ1n) is 5.26. The second kappa shape index (κ2) is 8.74. The van der Waals surface area contributed by atoms with Crippen LogP contribution in [0, 0.1) is 12.3 Å². The quantitative estimate of drug-likeness (QED) is 0.394. The molecule has 0 saturated carbocycles. The largest absolute Gasteiger partial charge is 0.354 e. The number of amides is 2. The van der Waals surface area contributed by atoms with Crippen molar-refractivity contribution in [2.45, 2.75) is 26.3 Å². The third-order valence-electron chi connectivity index (χ3n) is 1.64. The summed E-state index contributed by atoms with van der Waals surface area (Å²) in [4.78, 5) is 22.3. The summed E-state index contributed by atoms with van der Waals surface area (Å²) in [6.07, 6.45) is 5.29. The predicted octanol–water partition coefficient (Wildman–Crippen LogP) is -0.760. The Kier molecular flexibility index (Phi) is 7.90. The molecule has 0 aromatic carbocycles. The van der Waals surface area contributed by atoms with E-state index in [0.29, 0.717) is 19.5 Å². The molecule has 0 aliphatic carbocycles. The van der Waals surface area contributed by atoms with Crippen molar-refractivity contribution in [3.05, 3.63) is 0 Å². The fraction of sp³-hybridized carbons (Fsp3) is 0.636. The van der Waals surface area contributed by atoms with Crippen molar-refractivity contribution in [3.63, 3.8) is 0 Å². The first-order valence-corrected chi connectivity index (χ1v) is 5.26. The molecule has 0 unspecified atom stereocenters. The summed E-state index contributed by atoms with van der Waals surface area (Å²) in [5, 5.41) is 8.11. The average Bonchev–Trinajstić information content (AvgIpc) is 2.17. The zero-order valence-electron chi connectivity index (χ0n) is 9.80. The molecular formula is C11H19N3O2. The third kappa shape index (κ3) is 9.03. The van der Waals surface area contributed by atoms with Crippen LogP contribution in [0.3, 0.4) is 0 Å². The van der Waals surface area contributed by atoms with Crippen molar-refractivity contribution in [1.29, 1.82) is 0 Å². The predicted molar refractivity (Wildman–Crippen MR) is 62.6 cm³/mol. The molecule has 0 aromatic rings. The minimum absolute atomic E-state index is 0.0631. The second-order valence-electron chi connectivity index (χ2n) is 3.63. The van der Waals surface area contributed by atoms with Crippen LogP contribution in [-0.2, 0) is 9.59 Å². The lowest BCUT2D eigenvalue weighted by atomic mass is 10.3. The Morgan fingerprint density at radius 3 is 2.56 bits per heavy atom. The van der Waals surface area contributed by atoms with E-state index < -0.39 is 0 Å². The van der Waals surface area contributed by atoms with E-state index >= 15 is 0 Å². The van der Waals surface area contributed by atoms with Crippen LogP contribution in [-0.4, -0.2) is 37.5 Å². The standard InChI is InChI=1S/C11H19N3O2/c1-4-6-12-8-11(16)13-7-5-10(15)14-9(2)3/h1,9,12H,5-8H2,2-3H3,(H,13,16)(H,14,15). The van der Waals surface area contributed by atoms with Crippen molar-refractivity contribution < 1.29 is 9.59 Å². The molecule has 5 heteroatoms. The Morgan fingerprint density at radius 2 is 2.00 bits per heavy atom. The van der Waals surface area contributed by atoms with Gasteiger partial charge < -0.3 is 10.6 Å². The Morgan fingerprint density at radius 1 is 1.31 bits per heavy atom. The maximum absolute atomic E-state index is 11.2. The van der Waals surface area contributed by atoms with Crippen molar-refractivity contribution in [3.8, 4) is 12.3 Å². The van der Waals surface area contributed by atoms with Crippen molar-refractivity contribution in [1.82, 2.24) is 16.0 Å². The molecule has 0 aliphatic heterocycles. The topological polar surface area (TPSA) is 70.2 Å². The zero-order chi connectivity index (χ0) is 12.4. The summed E-state index contributed by atoms with van der Waals surface area (Å²) < 4.78 is 0. The number of carbonyl (C=O) groups excluding carboxylic acids is 2. The fourth-order valence-corrected chi connectivity index (χ4v) is 1.02. The van der Waals surface area contributed by atoms with Gasteiger partial charge in [0, 0.05) is 19.0 Å². The molecule has 0 rings (SSSR count). The van der Waals surface area contributed by atoms with Gasteiger partial charge in [-0.05, 0) is 13.8 Å². The molecule has 16 heavy (non-hydrogen) atoms. The van der Waals surface area contributed by atoms with Crippen LogP contribution in [0.4, 0.5) is 0 Å². The Labute approximate surface area is 96.4 Å². The van der Waals surface area contributed by atoms with Gasteiger partial charge in [-0.25, -0.2) is 0 Å². The summed E-state index contributed by atoms with van der Waals surface area (Å²) >= 11 is 0. The van der Waals surface area contributed by atoms with E-state index in [2.05, 4.69) is 21.9 Å². The van der Waals surface area contributed by atoms with Gasteiger partial charge in [-0.3, -0.25) is 14.9 Å². The highest BCUT2D eigenvalue weighted by molar-refractivity contribution is 5.80. The SMILES string of the molecule is C#CCNCC(=O)NCCC(=O)NC(C)C. The highest BCUT2D eigenvalue weighted by atomic mass is 16.2. The Hall–Kier alpha value is -1.54. The fourth-order valence-electron chi connectivity index (χ4n) is 1.02. The van der Waals surface area contributed by atoms with Crippen molar-refractivity contribution >= 4 is 11.8 Å². The average molecular weight is 225 g/mol. The van der Waals surface area contributed by atoms with Gasteiger partial charge in [-0.2, -0.15) is 0 Å². The number of hydrogen-bond donors (Lipinski definition) is 3. The molecule has 0 aliphatic rings. The van der Waals surface area contributed by atoms with E-state index in [1.54, 1.807) is 0 Å². The monoisotopic (exact) mass is 225 g/mol. The van der Waals surface area contributed by atoms with Gasteiger partial charge in [0.1, 0.15) is 0 Å². The minimum Gasteiger partial charge on any atom is -0.354 e. The number of terminal acetylenes is 1. The van der Waals surface area contributed by atoms with E-state index in [1.165, 1.54) is 0 Å². The van der Waals surface area contributed by atoms with Crippen LogP contribution in [0.2, 0.25) is 0 Å². The van der Waals surface area contributed by atoms with Crippen LogP contribution in [0.15, 0.2) is 0 Å². The molecule has 0 spiro atoms. The molecule has 0 radical (unpaired) electrons. The van der Waals surface area contributed by atoms with Gasteiger partial charge in [-0.1, -0.05) is 5.92 Å². The van der Waals surface area contributed by atoms with Crippen LogP contribution in [0.1, 0.15) is 20.3 Å². The van der Waals surface area contributed by atoms with Crippen LogP contribution >= 0.6 is 0 Å². The maximum Gasteiger partial charge on any atom is 0.233 e. The van der Waals surface area contributed by atoms with E-state index in [9.17, 15) is 9.59 Å². The molecular weight excluding hydrogens is 206 g/mol. The molecule has 0 aromatic heterocycles. The lowest BCUT2D eigenvalue weighted by molar-refractivity contribution is -0.122. The van der Waals surface area contributed by atoms with E-state index in [1.807, 2.05) is 13.8 Å². The Bertz CT molecular complexity index is 269. The molecule has 0 bridgehead atoms. The first-order chi connectivity index (χ1) is 7.56. The van der Waals surface area contributed by atoms with E-state index in [4.69, 9.17) is 6.42 Å². The minimum atomic E-state index is -0.160. The first kappa shape index (κ1) is 14.5. The molecule has 0 fully saturated rings. The number of nitrogens with one attached hydrogen (secondary N) is 3. The van der Waals surface area contributed by atoms with Gasteiger partial charge in [0.05, 0.1) is 13.1 Å². The van der Waals surface area contributed by atoms with Crippen molar-refractivity contribution in [2.24, 2.45) is 0 Å². The van der Waals surface area contributed by atoms with Crippen molar-refractivity contribution in [2.75, 3.05) is 19.6 Å². The summed E-state index contributed by atoms with van der Waals surface area (Å²) in [6, 6.07) is 0.125. The van der Waals surface area contributed by atoms with Crippen LogP contribution < -0.4 is 16.0 Å². The zero-order valence-corrected chi connectivity index (χ0v) is 9.80. The van der Waals surface area contributed by atoms with Gasteiger partial charge >= 0.3 is 0 Å². The van der Waals surface area contributed by atoms with Gasteiger partial charge in [-0.15, -0.1) is 6.42 Å². The summed E-state index contributed by atoms with van der Waals surface area (Å²) in [6.45, 7) is 4.66. The van der Waals surface area contributed by atoms with Crippen LogP contribution in [0.5, 0.6) is 0 Å². The van der Waals surface area contributed by atoms with Crippen LogP contribution in [0.25, 0.3) is 0 Å². The summed E-state index contributed by atoms with van der Waals surface area (Å²) in [5.74, 6) is 2.14. The maximum atomic E-state index is 11.2. The Balaban J connectivity index is 3.47. The molecule has 90 valence electrons. The smallest absolute Gasteiger partial charge is 0.233 e.